The fraction of sp³-hybridized carbons (Fsp3) is 0.167. The van der Waals surface area contributed by atoms with Crippen molar-refractivity contribution in [1.29, 1.82) is 0 Å². The van der Waals surface area contributed by atoms with Crippen LogP contribution in [-0.4, -0.2) is 16.5 Å². The van der Waals surface area contributed by atoms with Crippen molar-refractivity contribution in [2.24, 2.45) is 0 Å². The fourth-order valence-corrected chi connectivity index (χ4v) is 1.63. The van der Waals surface area contributed by atoms with Gasteiger partial charge < -0.3 is 5.32 Å². The Morgan fingerprint density at radius 2 is 2.19 bits per heavy atom. The van der Waals surface area contributed by atoms with Gasteiger partial charge in [0.25, 0.3) is 0 Å². The summed E-state index contributed by atoms with van der Waals surface area (Å²) in [7, 11) is 0. The number of halogens is 1. The van der Waals surface area contributed by atoms with Gasteiger partial charge in [0.1, 0.15) is 5.82 Å². The number of benzene rings is 1. The zero-order chi connectivity index (χ0) is 11.2. The molecule has 1 aromatic heterocycles. The Morgan fingerprint density at radius 1 is 1.25 bits per heavy atom. The van der Waals surface area contributed by atoms with Crippen LogP contribution in [0, 0.1) is 0 Å². The lowest BCUT2D eigenvalue weighted by Crippen LogP contribution is -2.06. The van der Waals surface area contributed by atoms with Crippen molar-refractivity contribution >= 4 is 17.4 Å². The number of hydrogen-bond acceptors (Lipinski definition) is 3. The molecule has 0 unspecified atom stereocenters. The number of anilines is 1. The zero-order valence-electron chi connectivity index (χ0n) is 8.73. The van der Waals surface area contributed by atoms with Crippen LogP contribution in [0.2, 0.25) is 5.02 Å². The minimum Gasteiger partial charge on any atom is -0.368 e. The van der Waals surface area contributed by atoms with Crippen molar-refractivity contribution in [2.75, 3.05) is 11.9 Å². The second-order valence-corrected chi connectivity index (χ2v) is 3.83. The molecule has 4 heteroatoms. The van der Waals surface area contributed by atoms with E-state index in [1.54, 1.807) is 18.6 Å². The SMILES string of the molecule is Clc1cccc(CCNc2cnccn2)c1. The van der Waals surface area contributed by atoms with Crippen LogP contribution >= 0.6 is 11.6 Å². The number of rotatable bonds is 4. The number of aromatic nitrogens is 2. The van der Waals surface area contributed by atoms with E-state index >= 15 is 0 Å². The molecule has 0 fully saturated rings. The van der Waals surface area contributed by atoms with Crippen LogP contribution in [0.5, 0.6) is 0 Å². The first-order chi connectivity index (χ1) is 7.84. The van der Waals surface area contributed by atoms with Gasteiger partial charge in [0.2, 0.25) is 0 Å². The summed E-state index contributed by atoms with van der Waals surface area (Å²) in [6.45, 7) is 0.818. The molecule has 1 heterocycles. The lowest BCUT2D eigenvalue weighted by Gasteiger charge is -2.04. The van der Waals surface area contributed by atoms with Gasteiger partial charge in [-0.3, -0.25) is 4.98 Å². The Morgan fingerprint density at radius 3 is 2.94 bits per heavy atom. The van der Waals surface area contributed by atoms with Crippen LogP contribution in [0.1, 0.15) is 5.56 Å². The maximum atomic E-state index is 5.90. The standard InChI is InChI=1S/C12H12ClN3/c13-11-3-1-2-10(8-11)4-5-15-12-9-14-6-7-16-12/h1-3,6-9H,4-5H2,(H,15,16). The number of hydrogen-bond donors (Lipinski definition) is 1. The normalized spacial score (nSPS) is 10.1. The lowest BCUT2D eigenvalue weighted by molar-refractivity contribution is 1.000. The fourth-order valence-electron chi connectivity index (χ4n) is 1.42. The van der Waals surface area contributed by atoms with Crippen LogP contribution in [0.3, 0.4) is 0 Å². The van der Waals surface area contributed by atoms with Gasteiger partial charge in [0, 0.05) is 24.0 Å². The van der Waals surface area contributed by atoms with Crippen LogP contribution in [-0.2, 0) is 6.42 Å². The van der Waals surface area contributed by atoms with Gasteiger partial charge in [0.15, 0.2) is 0 Å². The molecule has 0 spiro atoms. The topological polar surface area (TPSA) is 37.8 Å². The molecule has 0 aliphatic rings. The van der Waals surface area contributed by atoms with Gasteiger partial charge >= 0.3 is 0 Å². The third kappa shape index (κ3) is 3.21. The van der Waals surface area contributed by atoms with Gasteiger partial charge in [0.05, 0.1) is 6.20 Å². The smallest absolute Gasteiger partial charge is 0.144 e. The zero-order valence-corrected chi connectivity index (χ0v) is 9.48. The summed E-state index contributed by atoms with van der Waals surface area (Å²) < 4.78 is 0. The molecule has 0 saturated carbocycles. The molecule has 0 saturated heterocycles. The highest BCUT2D eigenvalue weighted by Crippen LogP contribution is 2.11. The van der Waals surface area contributed by atoms with E-state index in [1.165, 1.54) is 5.56 Å². The van der Waals surface area contributed by atoms with Crippen LogP contribution < -0.4 is 5.32 Å². The molecule has 2 aromatic rings. The van der Waals surface area contributed by atoms with E-state index in [0.717, 1.165) is 23.8 Å². The molecule has 0 aliphatic heterocycles. The predicted molar refractivity (Wildman–Crippen MR) is 65.7 cm³/mol. The van der Waals surface area contributed by atoms with Crippen molar-refractivity contribution < 1.29 is 0 Å². The van der Waals surface area contributed by atoms with Gasteiger partial charge in [-0.2, -0.15) is 0 Å². The molecular formula is C12H12ClN3. The number of nitrogens with zero attached hydrogens (tertiary/aromatic N) is 2. The van der Waals surface area contributed by atoms with E-state index in [-0.39, 0.29) is 0 Å². The second-order valence-electron chi connectivity index (χ2n) is 3.40. The minimum absolute atomic E-state index is 0.775. The summed E-state index contributed by atoms with van der Waals surface area (Å²) in [5.74, 6) is 0.796. The molecule has 1 N–H and O–H groups in total. The highest BCUT2D eigenvalue weighted by atomic mass is 35.5. The third-order valence-corrected chi connectivity index (χ3v) is 2.41. The van der Waals surface area contributed by atoms with Crippen molar-refractivity contribution in [3.8, 4) is 0 Å². The molecule has 0 radical (unpaired) electrons. The highest BCUT2D eigenvalue weighted by Gasteiger charge is 1.95. The van der Waals surface area contributed by atoms with Crippen molar-refractivity contribution in [3.05, 3.63) is 53.4 Å². The lowest BCUT2D eigenvalue weighted by atomic mass is 10.1. The van der Waals surface area contributed by atoms with Crippen LogP contribution in [0.15, 0.2) is 42.9 Å². The summed E-state index contributed by atoms with van der Waals surface area (Å²) >= 11 is 5.90. The Bertz CT molecular complexity index is 445. The minimum atomic E-state index is 0.775. The van der Waals surface area contributed by atoms with E-state index in [2.05, 4.69) is 21.4 Å². The molecular weight excluding hydrogens is 222 g/mol. The maximum Gasteiger partial charge on any atom is 0.144 e. The molecule has 2 rings (SSSR count). The second kappa shape index (κ2) is 5.47. The Hall–Kier alpha value is -1.61. The van der Waals surface area contributed by atoms with E-state index in [4.69, 9.17) is 11.6 Å². The summed E-state index contributed by atoms with van der Waals surface area (Å²) in [5.41, 5.74) is 1.21. The first-order valence-electron chi connectivity index (χ1n) is 5.09. The highest BCUT2D eigenvalue weighted by molar-refractivity contribution is 6.30. The Kier molecular flexibility index (Phi) is 3.72. The van der Waals surface area contributed by atoms with Gasteiger partial charge in [-0.15, -0.1) is 0 Å². The predicted octanol–water partition coefficient (Wildman–Crippen LogP) is 2.78. The summed E-state index contributed by atoms with van der Waals surface area (Å²) in [5, 5.41) is 3.97. The molecule has 1 aromatic carbocycles. The molecule has 3 nitrogen and oxygen atoms in total. The average molecular weight is 234 g/mol. The van der Waals surface area contributed by atoms with Crippen LogP contribution in [0.4, 0.5) is 5.82 Å². The quantitative estimate of drug-likeness (QED) is 0.883. The van der Waals surface area contributed by atoms with Crippen molar-refractivity contribution in [2.45, 2.75) is 6.42 Å². The number of nitrogens with one attached hydrogen (secondary N) is 1. The first kappa shape index (κ1) is 10.9. The van der Waals surface area contributed by atoms with Gasteiger partial charge in [-0.1, -0.05) is 23.7 Å². The maximum absolute atomic E-state index is 5.90. The first-order valence-corrected chi connectivity index (χ1v) is 5.47. The summed E-state index contributed by atoms with van der Waals surface area (Å²) in [4.78, 5) is 8.11. The monoisotopic (exact) mass is 233 g/mol. The van der Waals surface area contributed by atoms with Crippen molar-refractivity contribution in [3.63, 3.8) is 0 Å². The summed E-state index contributed by atoms with van der Waals surface area (Å²) in [6.07, 6.45) is 5.94. The third-order valence-electron chi connectivity index (χ3n) is 2.17. The van der Waals surface area contributed by atoms with Gasteiger partial charge in [-0.25, -0.2) is 4.98 Å². The van der Waals surface area contributed by atoms with E-state index < -0.39 is 0 Å². The Labute approximate surface area is 99.5 Å². The van der Waals surface area contributed by atoms with Gasteiger partial charge in [-0.05, 0) is 24.1 Å². The molecule has 16 heavy (non-hydrogen) atoms. The molecule has 0 amide bonds. The molecule has 0 atom stereocenters. The average Bonchev–Trinajstić information content (AvgIpc) is 2.30. The van der Waals surface area contributed by atoms with E-state index in [1.807, 2.05) is 18.2 Å². The molecule has 0 bridgehead atoms. The Balaban J connectivity index is 1.85. The largest absolute Gasteiger partial charge is 0.368 e. The van der Waals surface area contributed by atoms with E-state index in [9.17, 15) is 0 Å². The van der Waals surface area contributed by atoms with E-state index in [0.29, 0.717) is 0 Å². The van der Waals surface area contributed by atoms with Crippen molar-refractivity contribution in [1.82, 2.24) is 9.97 Å². The summed E-state index contributed by atoms with van der Waals surface area (Å²) in [6, 6.07) is 7.87. The molecule has 82 valence electrons. The molecule has 0 aliphatic carbocycles. The van der Waals surface area contributed by atoms with Crippen LogP contribution in [0.25, 0.3) is 0 Å².